The quantitative estimate of drug-likeness (QED) is 0.604. The third-order valence-electron chi connectivity index (χ3n) is 3.01. The van der Waals surface area contributed by atoms with Crippen LogP contribution in [0.3, 0.4) is 0 Å². The first-order chi connectivity index (χ1) is 10.6. The number of hydrogen-bond acceptors (Lipinski definition) is 6. The standard InChI is InChI=1S/C16H16O5S/c1-19-14-9-12(16(18)20-2)4-5-13(14)21-15(17)6-3-11-7-8-22-10-11/h4-5,7-10H,3,6H2,1-2H3. The monoisotopic (exact) mass is 320 g/mol. The van der Waals surface area contributed by atoms with Crippen molar-refractivity contribution in [2.75, 3.05) is 14.2 Å². The molecule has 0 aliphatic heterocycles. The maximum atomic E-state index is 11.9. The molecule has 6 heteroatoms. The maximum absolute atomic E-state index is 11.9. The fourth-order valence-corrected chi connectivity index (χ4v) is 2.55. The average molecular weight is 320 g/mol. The SMILES string of the molecule is COC(=O)c1ccc(OC(=O)CCc2ccsc2)c(OC)c1. The van der Waals surface area contributed by atoms with E-state index in [2.05, 4.69) is 4.74 Å². The summed E-state index contributed by atoms with van der Waals surface area (Å²) in [6.07, 6.45) is 0.906. The molecule has 2 rings (SSSR count). The van der Waals surface area contributed by atoms with Gasteiger partial charge in [-0.1, -0.05) is 0 Å². The molecular formula is C16H16O5S. The molecule has 0 atom stereocenters. The summed E-state index contributed by atoms with van der Waals surface area (Å²) < 4.78 is 15.1. The van der Waals surface area contributed by atoms with Crippen LogP contribution in [0.1, 0.15) is 22.3 Å². The summed E-state index contributed by atoms with van der Waals surface area (Å²) in [6.45, 7) is 0. The van der Waals surface area contributed by atoms with Gasteiger partial charge in [0.05, 0.1) is 26.2 Å². The van der Waals surface area contributed by atoms with Crippen LogP contribution in [0.15, 0.2) is 35.0 Å². The van der Waals surface area contributed by atoms with Crippen molar-refractivity contribution in [2.45, 2.75) is 12.8 Å². The smallest absolute Gasteiger partial charge is 0.337 e. The van der Waals surface area contributed by atoms with Crippen LogP contribution < -0.4 is 9.47 Å². The van der Waals surface area contributed by atoms with E-state index in [1.807, 2.05) is 16.8 Å². The van der Waals surface area contributed by atoms with Crippen LogP contribution in [0.4, 0.5) is 0 Å². The largest absolute Gasteiger partial charge is 0.493 e. The van der Waals surface area contributed by atoms with E-state index in [1.54, 1.807) is 11.3 Å². The van der Waals surface area contributed by atoms with Crippen LogP contribution >= 0.6 is 11.3 Å². The zero-order valence-corrected chi connectivity index (χ0v) is 13.1. The first kappa shape index (κ1) is 16.0. The molecule has 0 amide bonds. The molecule has 0 saturated heterocycles. The minimum atomic E-state index is -0.478. The minimum Gasteiger partial charge on any atom is -0.493 e. The van der Waals surface area contributed by atoms with Crippen LogP contribution in [-0.4, -0.2) is 26.2 Å². The highest BCUT2D eigenvalue weighted by Gasteiger charge is 2.14. The molecule has 116 valence electrons. The summed E-state index contributed by atoms with van der Waals surface area (Å²) in [6, 6.07) is 6.50. The highest BCUT2D eigenvalue weighted by molar-refractivity contribution is 7.07. The Hall–Kier alpha value is -2.34. The van der Waals surface area contributed by atoms with Crippen molar-refractivity contribution >= 4 is 23.3 Å². The molecule has 2 aromatic rings. The van der Waals surface area contributed by atoms with Crippen molar-refractivity contribution in [3.05, 3.63) is 46.2 Å². The third kappa shape index (κ3) is 4.08. The third-order valence-corrected chi connectivity index (χ3v) is 3.74. The fraction of sp³-hybridized carbons (Fsp3) is 0.250. The van der Waals surface area contributed by atoms with Crippen molar-refractivity contribution < 1.29 is 23.8 Å². The molecule has 0 bridgehead atoms. The molecule has 5 nitrogen and oxygen atoms in total. The van der Waals surface area contributed by atoms with E-state index in [0.29, 0.717) is 17.7 Å². The Kier molecular flexibility index (Phi) is 5.55. The molecule has 0 fully saturated rings. The lowest BCUT2D eigenvalue weighted by Crippen LogP contribution is -2.10. The van der Waals surface area contributed by atoms with Gasteiger partial charge in [0.25, 0.3) is 0 Å². The maximum Gasteiger partial charge on any atom is 0.337 e. The molecule has 0 N–H and O–H groups in total. The van der Waals surface area contributed by atoms with Crippen molar-refractivity contribution in [3.8, 4) is 11.5 Å². The van der Waals surface area contributed by atoms with Gasteiger partial charge in [-0.3, -0.25) is 4.79 Å². The summed E-state index contributed by atoms with van der Waals surface area (Å²) in [5.74, 6) is -0.235. The number of aryl methyl sites for hydroxylation is 1. The van der Waals surface area contributed by atoms with Crippen molar-refractivity contribution in [1.82, 2.24) is 0 Å². The zero-order chi connectivity index (χ0) is 15.9. The highest BCUT2D eigenvalue weighted by atomic mass is 32.1. The Labute approximate surface area is 132 Å². The number of thiophene rings is 1. The molecule has 1 aromatic heterocycles. The summed E-state index contributed by atoms with van der Waals surface area (Å²) in [7, 11) is 2.74. The lowest BCUT2D eigenvalue weighted by Gasteiger charge is -2.10. The topological polar surface area (TPSA) is 61.8 Å². The molecule has 0 aliphatic rings. The van der Waals surface area contributed by atoms with Gasteiger partial charge in [0, 0.05) is 0 Å². The number of benzene rings is 1. The van der Waals surface area contributed by atoms with Gasteiger partial charge in [0.2, 0.25) is 0 Å². The number of carbonyl (C=O) groups is 2. The summed E-state index contributed by atoms with van der Waals surface area (Å²) in [5, 5.41) is 3.97. The molecule has 0 unspecified atom stereocenters. The second kappa shape index (κ2) is 7.61. The zero-order valence-electron chi connectivity index (χ0n) is 12.3. The van der Waals surface area contributed by atoms with Crippen molar-refractivity contribution in [2.24, 2.45) is 0 Å². The van der Waals surface area contributed by atoms with Gasteiger partial charge in [0.1, 0.15) is 0 Å². The predicted molar refractivity (Wildman–Crippen MR) is 82.6 cm³/mol. The second-order valence-electron chi connectivity index (χ2n) is 4.46. The Morgan fingerprint density at radius 1 is 1.14 bits per heavy atom. The fourth-order valence-electron chi connectivity index (χ4n) is 1.85. The summed E-state index contributed by atoms with van der Waals surface area (Å²) in [5.41, 5.74) is 1.44. The van der Waals surface area contributed by atoms with Gasteiger partial charge < -0.3 is 14.2 Å². The van der Waals surface area contributed by atoms with Crippen LogP contribution in [0.2, 0.25) is 0 Å². The second-order valence-corrected chi connectivity index (χ2v) is 5.24. The molecule has 1 heterocycles. The predicted octanol–water partition coefficient (Wildman–Crippen LogP) is 3.08. The first-order valence-electron chi connectivity index (χ1n) is 6.62. The molecule has 0 saturated carbocycles. The number of rotatable bonds is 6. The van der Waals surface area contributed by atoms with Crippen LogP contribution in [0.25, 0.3) is 0 Å². The van der Waals surface area contributed by atoms with Crippen molar-refractivity contribution in [3.63, 3.8) is 0 Å². The van der Waals surface area contributed by atoms with Crippen LogP contribution in [0, 0.1) is 0 Å². The van der Waals surface area contributed by atoms with Gasteiger partial charge in [-0.15, -0.1) is 0 Å². The Balaban J connectivity index is 2.02. The summed E-state index contributed by atoms with van der Waals surface area (Å²) in [4.78, 5) is 23.3. The Morgan fingerprint density at radius 2 is 1.95 bits per heavy atom. The van der Waals surface area contributed by atoms with Crippen molar-refractivity contribution in [1.29, 1.82) is 0 Å². The van der Waals surface area contributed by atoms with Gasteiger partial charge in [-0.25, -0.2) is 4.79 Å². The van der Waals surface area contributed by atoms with Gasteiger partial charge in [0.15, 0.2) is 11.5 Å². The highest BCUT2D eigenvalue weighted by Crippen LogP contribution is 2.28. The van der Waals surface area contributed by atoms with Gasteiger partial charge in [-0.2, -0.15) is 11.3 Å². The van der Waals surface area contributed by atoms with E-state index in [1.165, 1.54) is 32.4 Å². The van der Waals surface area contributed by atoms with E-state index < -0.39 is 5.97 Å². The average Bonchev–Trinajstić information content (AvgIpc) is 3.06. The first-order valence-corrected chi connectivity index (χ1v) is 7.56. The molecule has 0 aliphatic carbocycles. The molecule has 1 aromatic carbocycles. The molecule has 0 spiro atoms. The number of hydrogen-bond donors (Lipinski definition) is 0. The molecule has 22 heavy (non-hydrogen) atoms. The normalized spacial score (nSPS) is 10.1. The van der Waals surface area contributed by atoms with E-state index in [-0.39, 0.29) is 18.1 Å². The van der Waals surface area contributed by atoms with Gasteiger partial charge in [-0.05, 0) is 47.0 Å². The number of ether oxygens (including phenoxy) is 3. The number of carbonyl (C=O) groups excluding carboxylic acids is 2. The minimum absolute atomic E-state index is 0.276. The summed E-state index contributed by atoms with van der Waals surface area (Å²) >= 11 is 1.59. The Bertz CT molecular complexity index is 649. The van der Waals surface area contributed by atoms with Crippen LogP contribution in [-0.2, 0) is 16.0 Å². The number of esters is 2. The van der Waals surface area contributed by atoms with E-state index in [9.17, 15) is 9.59 Å². The van der Waals surface area contributed by atoms with E-state index in [0.717, 1.165) is 5.56 Å². The number of methoxy groups -OCH3 is 2. The van der Waals surface area contributed by atoms with E-state index in [4.69, 9.17) is 9.47 Å². The Morgan fingerprint density at radius 3 is 2.59 bits per heavy atom. The molecular weight excluding hydrogens is 304 g/mol. The molecule has 0 radical (unpaired) electrons. The van der Waals surface area contributed by atoms with Gasteiger partial charge >= 0.3 is 11.9 Å². The van der Waals surface area contributed by atoms with Crippen LogP contribution in [0.5, 0.6) is 11.5 Å². The lowest BCUT2D eigenvalue weighted by molar-refractivity contribution is -0.134. The van der Waals surface area contributed by atoms with E-state index >= 15 is 0 Å². The lowest BCUT2D eigenvalue weighted by atomic mass is 10.2.